The standard InChI is InChI=1S/C25H17N5O2S/c26-13-19(25(32)28-16-7-2-1-3-8-16)24(31)22-20-15-33-21-11-5-4-10-18(21)23(20)30(29-22)17-9-6-12-27-14-17/h1-12,14,19H,15H2,(H,28,32). The van der Waals surface area contributed by atoms with Crippen LogP contribution in [-0.4, -0.2) is 26.5 Å². The van der Waals surface area contributed by atoms with Gasteiger partial charge in [-0.2, -0.15) is 10.4 Å². The highest BCUT2D eigenvalue weighted by atomic mass is 32.2. The number of hydrogen-bond acceptors (Lipinski definition) is 6. The molecule has 3 heterocycles. The van der Waals surface area contributed by atoms with Crippen LogP contribution in [0.1, 0.15) is 16.1 Å². The lowest BCUT2D eigenvalue weighted by molar-refractivity contribution is -0.117. The lowest BCUT2D eigenvalue weighted by Crippen LogP contribution is -2.29. The van der Waals surface area contributed by atoms with Crippen molar-refractivity contribution in [3.05, 3.63) is 90.4 Å². The van der Waals surface area contributed by atoms with E-state index in [1.54, 1.807) is 59.2 Å². The van der Waals surface area contributed by atoms with E-state index in [4.69, 9.17) is 0 Å². The van der Waals surface area contributed by atoms with E-state index in [-0.39, 0.29) is 5.69 Å². The van der Waals surface area contributed by atoms with Crippen molar-refractivity contribution < 1.29 is 9.59 Å². The van der Waals surface area contributed by atoms with Crippen molar-refractivity contribution in [1.82, 2.24) is 14.8 Å². The summed E-state index contributed by atoms with van der Waals surface area (Å²) in [5.74, 6) is -2.31. The Balaban J connectivity index is 1.59. The number of Topliss-reactive ketones (excluding diaryl/α,β-unsaturated/α-hetero) is 1. The lowest BCUT2D eigenvalue weighted by atomic mass is 9.97. The van der Waals surface area contributed by atoms with Gasteiger partial charge in [-0.25, -0.2) is 4.68 Å². The molecule has 0 saturated heterocycles. The number of nitrogens with one attached hydrogen (secondary N) is 1. The lowest BCUT2D eigenvalue weighted by Gasteiger charge is -2.18. The van der Waals surface area contributed by atoms with Gasteiger partial charge in [0, 0.05) is 33.7 Å². The van der Waals surface area contributed by atoms with Gasteiger partial charge in [-0.1, -0.05) is 36.4 Å². The number of anilines is 1. The number of para-hydroxylation sites is 1. The van der Waals surface area contributed by atoms with E-state index in [9.17, 15) is 14.9 Å². The normalized spacial score (nSPS) is 12.7. The fraction of sp³-hybridized carbons (Fsp3) is 0.0800. The second kappa shape index (κ2) is 8.73. The second-order valence-corrected chi connectivity index (χ2v) is 8.38. The molecule has 160 valence electrons. The largest absolute Gasteiger partial charge is 0.325 e. The second-order valence-electron chi connectivity index (χ2n) is 7.37. The molecule has 7 nitrogen and oxygen atoms in total. The average Bonchev–Trinajstić information content (AvgIpc) is 3.26. The van der Waals surface area contributed by atoms with Crippen LogP contribution in [0.4, 0.5) is 5.69 Å². The molecule has 1 amide bonds. The quantitative estimate of drug-likeness (QED) is 0.354. The minimum Gasteiger partial charge on any atom is -0.325 e. The van der Waals surface area contributed by atoms with Crippen LogP contribution in [0.5, 0.6) is 0 Å². The van der Waals surface area contributed by atoms with Crippen molar-refractivity contribution in [2.45, 2.75) is 10.6 Å². The molecule has 8 heteroatoms. The van der Waals surface area contributed by atoms with Crippen molar-refractivity contribution in [2.24, 2.45) is 5.92 Å². The third-order valence-electron chi connectivity index (χ3n) is 5.32. The number of nitriles is 1. The molecule has 1 atom stereocenters. The first-order chi connectivity index (χ1) is 16.2. The van der Waals surface area contributed by atoms with E-state index in [2.05, 4.69) is 15.4 Å². The molecule has 2 aromatic heterocycles. The molecule has 5 rings (SSSR count). The number of carbonyl (C=O) groups excluding carboxylic acids is 2. The average molecular weight is 452 g/mol. The number of amides is 1. The third-order valence-corrected chi connectivity index (χ3v) is 6.42. The molecule has 0 spiro atoms. The summed E-state index contributed by atoms with van der Waals surface area (Å²) >= 11 is 1.60. The molecule has 0 radical (unpaired) electrons. The Morgan fingerprint density at radius 2 is 1.85 bits per heavy atom. The van der Waals surface area contributed by atoms with Crippen LogP contribution >= 0.6 is 11.8 Å². The van der Waals surface area contributed by atoms with E-state index in [1.807, 2.05) is 42.5 Å². The van der Waals surface area contributed by atoms with Crippen molar-refractivity contribution in [1.29, 1.82) is 5.26 Å². The fourth-order valence-electron chi connectivity index (χ4n) is 3.77. The Kier molecular flexibility index (Phi) is 5.47. The number of carbonyl (C=O) groups is 2. The Labute approximate surface area is 194 Å². The van der Waals surface area contributed by atoms with Crippen molar-refractivity contribution in [2.75, 3.05) is 5.32 Å². The summed E-state index contributed by atoms with van der Waals surface area (Å²) in [5.41, 5.74) is 3.77. The molecular weight excluding hydrogens is 434 g/mol. The first kappa shape index (κ1) is 20.7. The van der Waals surface area contributed by atoms with Gasteiger partial charge in [-0.15, -0.1) is 11.8 Å². The number of pyridine rings is 1. The van der Waals surface area contributed by atoms with Gasteiger partial charge in [-0.05, 0) is 30.3 Å². The van der Waals surface area contributed by atoms with E-state index >= 15 is 0 Å². The summed E-state index contributed by atoms with van der Waals surface area (Å²) in [4.78, 5) is 31.5. The van der Waals surface area contributed by atoms with Gasteiger partial charge in [0.15, 0.2) is 5.92 Å². The van der Waals surface area contributed by atoms with Crippen LogP contribution in [-0.2, 0) is 10.5 Å². The zero-order chi connectivity index (χ0) is 22.8. The Morgan fingerprint density at radius 1 is 1.06 bits per heavy atom. The van der Waals surface area contributed by atoms with Gasteiger partial charge in [0.2, 0.25) is 11.7 Å². The molecule has 0 fully saturated rings. The van der Waals surface area contributed by atoms with Gasteiger partial charge < -0.3 is 5.32 Å². The maximum absolute atomic E-state index is 13.5. The Morgan fingerprint density at radius 3 is 2.61 bits per heavy atom. The zero-order valence-corrected chi connectivity index (χ0v) is 18.1. The van der Waals surface area contributed by atoms with Crippen LogP contribution in [0, 0.1) is 17.2 Å². The highest BCUT2D eigenvalue weighted by molar-refractivity contribution is 7.98. The number of hydrogen-bond donors (Lipinski definition) is 1. The van der Waals surface area contributed by atoms with Crippen LogP contribution < -0.4 is 5.32 Å². The SMILES string of the molecule is N#CC(C(=O)Nc1ccccc1)C(=O)c1nn(-c2cccnc2)c2c1CSc1ccccc1-2. The molecule has 1 aliphatic rings. The molecule has 0 aliphatic carbocycles. The minimum absolute atomic E-state index is 0.130. The Bertz CT molecular complexity index is 1390. The van der Waals surface area contributed by atoms with Crippen molar-refractivity contribution in [3.8, 4) is 23.0 Å². The molecule has 33 heavy (non-hydrogen) atoms. The molecule has 1 aliphatic heterocycles. The first-order valence-corrected chi connectivity index (χ1v) is 11.2. The summed E-state index contributed by atoms with van der Waals surface area (Å²) in [5, 5.41) is 17.0. The van der Waals surface area contributed by atoms with Crippen LogP contribution in [0.3, 0.4) is 0 Å². The predicted molar refractivity (Wildman–Crippen MR) is 125 cm³/mol. The molecule has 4 aromatic rings. The molecule has 1 N–H and O–H groups in total. The highest BCUT2D eigenvalue weighted by Crippen LogP contribution is 2.43. The van der Waals surface area contributed by atoms with E-state index in [0.717, 1.165) is 16.2 Å². The molecular formula is C25H17N5O2S. The molecule has 0 saturated carbocycles. The topological polar surface area (TPSA) is 101 Å². The van der Waals surface area contributed by atoms with Crippen LogP contribution in [0.2, 0.25) is 0 Å². The van der Waals surface area contributed by atoms with Crippen LogP contribution in [0.15, 0.2) is 84.0 Å². The van der Waals surface area contributed by atoms with E-state index in [1.165, 1.54) is 0 Å². The molecule has 0 bridgehead atoms. The van der Waals surface area contributed by atoms with E-state index in [0.29, 0.717) is 22.7 Å². The maximum atomic E-state index is 13.5. The van der Waals surface area contributed by atoms with Gasteiger partial charge in [0.25, 0.3) is 0 Å². The van der Waals surface area contributed by atoms with Gasteiger partial charge in [0.05, 0.1) is 23.6 Å². The monoisotopic (exact) mass is 451 g/mol. The van der Waals surface area contributed by atoms with Crippen molar-refractivity contribution in [3.63, 3.8) is 0 Å². The summed E-state index contributed by atoms with van der Waals surface area (Å²) < 4.78 is 1.68. The van der Waals surface area contributed by atoms with Crippen molar-refractivity contribution >= 4 is 29.1 Å². The molecule has 2 aromatic carbocycles. The fourth-order valence-corrected chi connectivity index (χ4v) is 4.84. The number of ketones is 1. The Hall–Kier alpha value is -4.22. The van der Waals surface area contributed by atoms with Gasteiger partial charge in [-0.3, -0.25) is 14.6 Å². The first-order valence-electron chi connectivity index (χ1n) is 10.2. The summed E-state index contributed by atoms with van der Waals surface area (Å²) in [7, 11) is 0. The maximum Gasteiger partial charge on any atom is 0.249 e. The number of fused-ring (bicyclic) bond motifs is 3. The van der Waals surface area contributed by atoms with E-state index < -0.39 is 17.6 Å². The number of thioether (sulfide) groups is 1. The number of aromatic nitrogens is 3. The minimum atomic E-state index is -1.52. The summed E-state index contributed by atoms with van der Waals surface area (Å²) in [6.45, 7) is 0. The number of nitrogens with zero attached hydrogens (tertiary/aromatic N) is 4. The number of rotatable bonds is 5. The highest BCUT2D eigenvalue weighted by Gasteiger charge is 2.35. The zero-order valence-electron chi connectivity index (χ0n) is 17.3. The predicted octanol–water partition coefficient (Wildman–Crippen LogP) is 4.50. The smallest absolute Gasteiger partial charge is 0.249 e. The molecule has 1 unspecified atom stereocenters. The number of benzene rings is 2. The van der Waals surface area contributed by atoms with Gasteiger partial charge in [0.1, 0.15) is 5.69 Å². The summed E-state index contributed by atoms with van der Waals surface area (Å²) in [6, 6.07) is 22.1. The van der Waals surface area contributed by atoms with Crippen LogP contribution in [0.25, 0.3) is 16.9 Å². The van der Waals surface area contributed by atoms with Gasteiger partial charge >= 0.3 is 0 Å². The third kappa shape index (κ3) is 3.79. The summed E-state index contributed by atoms with van der Waals surface area (Å²) in [6.07, 6.45) is 3.32.